The van der Waals surface area contributed by atoms with Gasteiger partial charge in [0.15, 0.2) is 5.16 Å². The maximum Gasteiger partial charge on any atom is 0.262 e. The maximum absolute atomic E-state index is 12.5. The summed E-state index contributed by atoms with van der Waals surface area (Å²) in [6.45, 7) is 5.12. The van der Waals surface area contributed by atoms with E-state index in [0.29, 0.717) is 39.7 Å². The van der Waals surface area contributed by atoms with Gasteiger partial charge in [0.05, 0.1) is 11.1 Å². The number of hydrogen-bond donors (Lipinski definition) is 1. The normalized spacial score (nSPS) is 10.9. The third kappa shape index (κ3) is 4.68. The second kappa shape index (κ2) is 9.23. The number of hydrogen-bond acceptors (Lipinski definition) is 6. The molecule has 0 aliphatic heterocycles. The lowest BCUT2D eigenvalue weighted by Crippen LogP contribution is -2.30. The van der Waals surface area contributed by atoms with Crippen LogP contribution in [-0.2, 0) is 11.8 Å². The third-order valence-electron chi connectivity index (χ3n) is 4.44. The van der Waals surface area contributed by atoms with Crippen molar-refractivity contribution in [2.45, 2.75) is 19.0 Å². The summed E-state index contributed by atoms with van der Waals surface area (Å²) in [6, 6.07) is 8.65. The van der Waals surface area contributed by atoms with Crippen LogP contribution in [0.5, 0.6) is 0 Å². The molecule has 3 rings (SSSR count). The second-order valence-corrected chi connectivity index (χ2v) is 8.13. The number of carbonyl (C=O) groups is 2. The average Bonchev–Trinajstić information content (AvgIpc) is 3.19. The molecule has 0 spiro atoms. The van der Waals surface area contributed by atoms with Crippen LogP contribution in [0.2, 0.25) is 0 Å². The Hall–Kier alpha value is -2.65. The number of rotatable bonds is 7. The number of amides is 2. The van der Waals surface area contributed by atoms with Crippen molar-refractivity contribution in [3.8, 4) is 0 Å². The summed E-state index contributed by atoms with van der Waals surface area (Å²) in [5, 5.41) is 5.71. The predicted molar refractivity (Wildman–Crippen MR) is 118 cm³/mol. The van der Waals surface area contributed by atoms with Crippen LogP contribution in [0.25, 0.3) is 10.2 Å². The zero-order valence-electron chi connectivity index (χ0n) is 16.5. The second-order valence-electron chi connectivity index (χ2n) is 6.29. The number of anilines is 1. The van der Waals surface area contributed by atoms with Crippen molar-refractivity contribution in [3.63, 3.8) is 0 Å². The van der Waals surface area contributed by atoms with Crippen molar-refractivity contribution < 1.29 is 9.59 Å². The Bertz CT molecular complexity index is 1100. The van der Waals surface area contributed by atoms with Gasteiger partial charge in [-0.1, -0.05) is 17.8 Å². The molecule has 2 aromatic heterocycles. The van der Waals surface area contributed by atoms with Crippen LogP contribution in [0.1, 0.15) is 24.2 Å². The van der Waals surface area contributed by atoms with Crippen molar-refractivity contribution in [1.82, 2.24) is 14.5 Å². The Labute approximate surface area is 176 Å². The van der Waals surface area contributed by atoms with Gasteiger partial charge >= 0.3 is 0 Å². The highest BCUT2D eigenvalue weighted by atomic mass is 32.2. The summed E-state index contributed by atoms with van der Waals surface area (Å²) in [5.41, 5.74) is 0.970. The number of aromatic nitrogens is 2. The van der Waals surface area contributed by atoms with Crippen molar-refractivity contribution >= 4 is 50.8 Å². The van der Waals surface area contributed by atoms with E-state index in [2.05, 4.69) is 10.3 Å². The maximum atomic E-state index is 12.5. The highest BCUT2D eigenvalue weighted by Crippen LogP contribution is 2.21. The summed E-state index contributed by atoms with van der Waals surface area (Å²) in [7, 11) is 1.65. The zero-order chi connectivity index (χ0) is 21.0. The average molecular weight is 431 g/mol. The molecule has 0 aliphatic carbocycles. The van der Waals surface area contributed by atoms with E-state index in [1.807, 2.05) is 19.2 Å². The van der Waals surface area contributed by atoms with Crippen LogP contribution in [0, 0.1) is 0 Å². The standard InChI is InChI=1S/C20H22N4O3S2/c1-4-24(5-2)18(26)13-7-6-8-14(11-13)21-16(25)12-29-20-22-17-15(9-10-28-17)19(27)23(20)3/h6-11H,4-5,12H2,1-3H3,(H,21,25). The topological polar surface area (TPSA) is 84.3 Å². The molecule has 0 unspecified atom stereocenters. The Morgan fingerprint density at radius 3 is 2.72 bits per heavy atom. The zero-order valence-corrected chi connectivity index (χ0v) is 18.1. The van der Waals surface area contributed by atoms with E-state index in [0.717, 1.165) is 0 Å². The van der Waals surface area contributed by atoms with Gasteiger partial charge in [-0.2, -0.15) is 0 Å². The first kappa shape index (κ1) is 21.1. The number of fused-ring (bicyclic) bond motifs is 1. The Morgan fingerprint density at radius 2 is 2.00 bits per heavy atom. The molecule has 0 bridgehead atoms. The SMILES string of the molecule is CCN(CC)C(=O)c1cccc(NC(=O)CSc2nc3sccc3c(=O)n2C)c1. The number of nitrogens with one attached hydrogen (secondary N) is 1. The van der Waals surface area contributed by atoms with Crippen LogP contribution >= 0.6 is 23.1 Å². The van der Waals surface area contributed by atoms with Gasteiger partial charge in [-0.25, -0.2) is 4.98 Å². The Balaban J connectivity index is 1.67. The molecule has 0 radical (unpaired) electrons. The van der Waals surface area contributed by atoms with Crippen molar-refractivity contribution in [2.24, 2.45) is 7.05 Å². The molecule has 1 N–H and O–H groups in total. The van der Waals surface area contributed by atoms with Gasteiger partial charge < -0.3 is 10.2 Å². The number of carbonyl (C=O) groups excluding carboxylic acids is 2. The van der Waals surface area contributed by atoms with Gasteiger partial charge in [-0.05, 0) is 43.5 Å². The molecular weight excluding hydrogens is 408 g/mol. The molecule has 3 aromatic rings. The predicted octanol–water partition coefficient (Wildman–Crippen LogP) is 3.21. The largest absolute Gasteiger partial charge is 0.339 e. The molecule has 29 heavy (non-hydrogen) atoms. The Morgan fingerprint density at radius 1 is 1.24 bits per heavy atom. The summed E-state index contributed by atoms with van der Waals surface area (Å²) in [4.78, 5) is 44.0. The molecule has 2 amide bonds. The molecule has 0 aliphatic rings. The monoisotopic (exact) mass is 430 g/mol. The minimum Gasteiger partial charge on any atom is -0.339 e. The number of benzene rings is 1. The molecule has 0 saturated carbocycles. The van der Waals surface area contributed by atoms with Crippen LogP contribution < -0.4 is 10.9 Å². The molecule has 1 aromatic carbocycles. The first-order chi connectivity index (χ1) is 13.9. The number of nitrogens with zero attached hydrogens (tertiary/aromatic N) is 3. The smallest absolute Gasteiger partial charge is 0.262 e. The summed E-state index contributed by atoms with van der Waals surface area (Å²) in [6.07, 6.45) is 0. The minimum atomic E-state index is -0.233. The van der Waals surface area contributed by atoms with Gasteiger partial charge in [0.2, 0.25) is 5.91 Å². The van der Waals surface area contributed by atoms with Crippen LogP contribution in [-0.4, -0.2) is 45.1 Å². The van der Waals surface area contributed by atoms with Gasteiger partial charge in [0.1, 0.15) is 4.83 Å². The van der Waals surface area contributed by atoms with Gasteiger partial charge in [0, 0.05) is 31.4 Å². The van der Waals surface area contributed by atoms with E-state index in [1.54, 1.807) is 42.3 Å². The fourth-order valence-electron chi connectivity index (χ4n) is 2.86. The Kier molecular flexibility index (Phi) is 6.71. The first-order valence-corrected chi connectivity index (χ1v) is 11.1. The lowest BCUT2D eigenvalue weighted by atomic mass is 10.1. The number of thiophene rings is 1. The van der Waals surface area contributed by atoms with E-state index >= 15 is 0 Å². The van der Waals surface area contributed by atoms with E-state index in [-0.39, 0.29) is 23.1 Å². The highest BCUT2D eigenvalue weighted by Gasteiger charge is 2.14. The van der Waals surface area contributed by atoms with Gasteiger partial charge in [0.25, 0.3) is 11.5 Å². The molecule has 152 valence electrons. The van der Waals surface area contributed by atoms with Crippen molar-refractivity contribution in [1.29, 1.82) is 0 Å². The molecule has 9 heteroatoms. The van der Waals surface area contributed by atoms with Crippen LogP contribution in [0.4, 0.5) is 5.69 Å². The summed E-state index contributed by atoms with van der Waals surface area (Å²) < 4.78 is 1.45. The fraction of sp³-hybridized carbons (Fsp3) is 0.300. The van der Waals surface area contributed by atoms with Gasteiger partial charge in [-0.15, -0.1) is 11.3 Å². The van der Waals surface area contributed by atoms with Crippen LogP contribution in [0.15, 0.2) is 45.7 Å². The molecule has 0 fully saturated rings. The van der Waals surface area contributed by atoms with Crippen molar-refractivity contribution in [3.05, 3.63) is 51.6 Å². The van der Waals surface area contributed by atoms with Gasteiger partial charge in [-0.3, -0.25) is 19.0 Å². The van der Waals surface area contributed by atoms with Crippen LogP contribution in [0.3, 0.4) is 0 Å². The molecule has 0 atom stereocenters. The minimum absolute atomic E-state index is 0.0658. The van der Waals surface area contributed by atoms with Crippen molar-refractivity contribution in [2.75, 3.05) is 24.2 Å². The van der Waals surface area contributed by atoms with E-state index in [4.69, 9.17) is 0 Å². The van der Waals surface area contributed by atoms with E-state index in [9.17, 15) is 14.4 Å². The molecule has 7 nitrogen and oxygen atoms in total. The van der Waals surface area contributed by atoms with E-state index < -0.39 is 0 Å². The molecular formula is C20H22N4O3S2. The first-order valence-electron chi connectivity index (χ1n) is 9.20. The molecule has 2 heterocycles. The lowest BCUT2D eigenvalue weighted by molar-refractivity contribution is -0.113. The number of thioether (sulfide) groups is 1. The van der Waals surface area contributed by atoms with E-state index in [1.165, 1.54) is 27.7 Å². The third-order valence-corrected chi connectivity index (χ3v) is 6.28. The summed E-state index contributed by atoms with van der Waals surface area (Å²) >= 11 is 2.60. The quantitative estimate of drug-likeness (QED) is 0.460. The summed E-state index contributed by atoms with van der Waals surface area (Å²) in [5.74, 6) is -0.197. The highest BCUT2D eigenvalue weighted by molar-refractivity contribution is 7.99. The molecule has 0 saturated heterocycles. The fourth-order valence-corrected chi connectivity index (χ4v) is 4.44. The lowest BCUT2D eigenvalue weighted by Gasteiger charge is -2.19.